The van der Waals surface area contributed by atoms with Gasteiger partial charge < -0.3 is 4.90 Å². The van der Waals surface area contributed by atoms with Crippen molar-refractivity contribution in [2.24, 2.45) is 0 Å². The number of aromatic nitrogens is 4. The molecule has 0 radical (unpaired) electrons. The van der Waals surface area contributed by atoms with Crippen molar-refractivity contribution in [1.82, 2.24) is 24.3 Å². The predicted octanol–water partition coefficient (Wildman–Crippen LogP) is 2.10. The van der Waals surface area contributed by atoms with E-state index in [-0.39, 0.29) is 0 Å². The minimum atomic E-state index is -3.50. The zero-order chi connectivity index (χ0) is 20.6. The molecule has 3 aromatic rings. The quantitative estimate of drug-likeness (QED) is 0.653. The fourth-order valence-electron chi connectivity index (χ4n) is 3.43. The molecule has 1 fully saturated rings. The molecule has 4 rings (SSSR count). The average Bonchev–Trinajstić information content (AvgIpc) is 3.16. The Morgan fingerprint density at radius 2 is 1.55 bits per heavy atom. The van der Waals surface area contributed by atoms with Crippen LogP contribution in [0.15, 0.2) is 47.5 Å². The number of rotatable bonds is 4. The van der Waals surface area contributed by atoms with Crippen molar-refractivity contribution in [3.8, 4) is 5.82 Å². The van der Waals surface area contributed by atoms with E-state index >= 15 is 0 Å². The van der Waals surface area contributed by atoms with E-state index in [2.05, 4.69) is 20.2 Å². The van der Waals surface area contributed by atoms with Crippen LogP contribution in [0.1, 0.15) is 16.8 Å². The lowest BCUT2D eigenvalue weighted by Gasteiger charge is -2.34. The van der Waals surface area contributed by atoms with Crippen LogP contribution in [-0.2, 0) is 10.0 Å². The second-order valence-electron chi connectivity index (χ2n) is 7.31. The third kappa shape index (κ3) is 3.88. The summed E-state index contributed by atoms with van der Waals surface area (Å²) in [7, 11) is -3.50. The molecule has 1 aromatic carbocycles. The van der Waals surface area contributed by atoms with Crippen molar-refractivity contribution in [3.63, 3.8) is 0 Å². The molecule has 2 aromatic heterocycles. The van der Waals surface area contributed by atoms with Gasteiger partial charge in [-0.15, -0.1) is 10.2 Å². The van der Waals surface area contributed by atoms with Crippen LogP contribution >= 0.6 is 0 Å². The molecule has 8 nitrogen and oxygen atoms in total. The summed E-state index contributed by atoms with van der Waals surface area (Å²) in [6.45, 7) is 7.63. The van der Waals surface area contributed by atoms with Crippen LogP contribution in [0, 0.1) is 20.8 Å². The summed E-state index contributed by atoms with van der Waals surface area (Å²) in [6.07, 6.45) is 1.84. The highest BCUT2D eigenvalue weighted by molar-refractivity contribution is 7.89. The molecule has 0 atom stereocenters. The summed E-state index contributed by atoms with van der Waals surface area (Å²) in [5.41, 5.74) is 2.63. The van der Waals surface area contributed by atoms with E-state index < -0.39 is 10.0 Å². The summed E-state index contributed by atoms with van der Waals surface area (Å²) in [4.78, 5) is 2.45. The first-order chi connectivity index (χ1) is 13.8. The van der Waals surface area contributed by atoms with E-state index in [4.69, 9.17) is 0 Å². The van der Waals surface area contributed by atoms with Gasteiger partial charge in [0.25, 0.3) is 0 Å². The molecule has 0 amide bonds. The van der Waals surface area contributed by atoms with Crippen LogP contribution < -0.4 is 4.90 Å². The summed E-state index contributed by atoms with van der Waals surface area (Å²) in [6, 6.07) is 11.2. The Kier molecular flexibility index (Phi) is 5.10. The number of benzene rings is 1. The van der Waals surface area contributed by atoms with Crippen molar-refractivity contribution in [2.75, 3.05) is 31.1 Å². The van der Waals surface area contributed by atoms with Crippen LogP contribution in [0.5, 0.6) is 0 Å². The Bertz CT molecular complexity index is 1120. The molecule has 0 N–H and O–H groups in total. The molecule has 0 unspecified atom stereocenters. The van der Waals surface area contributed by atoms with Crippen molar-refractivity contribution < 1.29 is 8.42 Å². The van der Waals surface area contributed by atoms with Gasteiger partial charge in [0.1, 0.15) is 0 Å². The highest BCUT2D eigenvalue weighted by Crippen LogP contribution is 2.23. The van der Waals surface area contributed by atoms with Crippen LogP contribution in [0.4, 0.5) is 5.82 Å². The molecule has 1 aliphatic rings. The van der Waals surface area contributed by atoms with E-state index in [0.717, 1.165) is 22.6 Å². The summed E-state index contributed by atoms with van der Waals surface area (Å²) in [5.74, 6) is 1.39. The van der Waals surface area contributed by atoms with Gasteiger partial charge in [-0.1, -0.05) is 12.1 Å². The zero-order valence-corrected chi connectivity index (χ0v) is 17.6. The van der Waals surface area contributed by atoms with Gasteiger partial charge in [0.15, 0.2) is 11.6 Å². The first kappa shape index (κ1) is 19.5. The molecule has 152 valence electrons. The van der Waals surface area contributed by atoms with Gasteiger partial charge in [-0.3, -0.25) is 0 Å². The van der Waals surface area contributed by atoms with Crippen molar-refractivity contribution >= 4 is 15.8 Å². The minimum Gasteiger partial charge on any atom is -0.352 e. The normalized spacial score (nSPS) is 15.6. The molecule has 1 saturated heterocycles. The van der Waals surface area contributed by atoms with Gasteiger partial charge in [-0.05, 0) is 56.2 Å². The van der Waals surface area contributed by atoms with Gasteiger partial charge in [-0.2, -0.15) is 9.40 Å². The minimum absolute atomic E-state index is 0.393. The van der Waals surface area contributed by atoms with E-state index in [9.17, 15) is 8.42 Å². The lowest BCUT2D eigenvalue weighted by molar-refractivity contribution is 0.383. The smallest absolute Gasteiger partial charge is 0.243 e. The zero-order valence-electron chi connectivity index (χ0n) is 16.8. The number of nitrogens with zero attached hydrogens (tertiary/aromatic N) is 6. The molecule has 0 bridgehead atoms. The monoisotopic (exact) mass is 412 g/mol. The van der Waals surface area contributed by atoms with Gasteiger partial charge in [-0.25, -0.2) is 13.1 Å². The number of piperazine rings is 1. The summed E-state index contributed by atoms with van der Waals surface area (Å²) < 4.78 is 29.4. The maximum Gasteiger partial charge on any atom is 0.243 e. The van der Waals surface area contributed by atoms with Gasteiger partial charge in [0, 0.05) is 32.4 Å². The molecular weight excluding hydrogens is 388 g/mol. The molecule has 0 spiro atoms. The number of aryl methyl sites for hydroxylation is 3. The predicted molar refractivity (Wildman–Crippen MR) is 111 cm³/mol. The van der Waals surface area contributed by atoms with Crippen molar-refractivity contribution in [2.45, 2.75) is 25.7 Å². The summed E-state index contributed by atoms with van der Waals surface area (Å²) in [5, 5.41) is 12.9. The van der Waals surface area contributed by atoms with Crippen molar-refractivity contribution in [3.05, 3.63) is 59.4 Å². The van der Waals surface area contributed by atoms with E-state index in [0.29, 0.717) is 36.9 Å². The largest absolute Gasteiger partial charge is 0.352 e. The number of hydrogen-bond acceptors (Lipinski definition) is 6. The number of sulfonamides is 1. The third-order valence-corrected chi connectivity index (χ3v) is 7.16. The van der Waals surface area contributed by atoms with Gasteiger partial charge >= 0.3 is 0 Å². The number of hydrogen-bond donors (Lipinski definition) is 0. The van der Waals surface area contributed by atoms with Crippen LogP contribution in [-0.4, -0.2) is 58.9 Å². The first-order valence-electron chi connectivity index (χ1n) is 9.53. The fraction of sp³-hybridized carbons (Fsp3) is 0.350. The van der Waals surface area contributed by atoms with Crippen molar-refractivity contribution in [1.29, 1.82) is 0 Å². The van der Waals surface area contributed by atoms with Crippen LogP contribution in [0.3, 0.4) is 0 Å². The van der Waals surface area contributed by atoms with E-state index in [1.165, 1.54) is 0 Å². The second-order valence-corrected chi connectivity index (χ2v) is 9.22. The Hall–Kier alpha value is -2.78. The second kappa shape index (κ2) is 7.57. The van der Waals surface area contributed by atoms with Gasteiger partial charge in [0.05, 0.1) is 10.6 Å². The standard InChI is InChI=1S/C20H24N6O2S/c1-15-4-5-16(2)18(14-15)29(27,28)25-12-10-24(11-13-25)19-6-7-20(22-21-19)26-9-8-17(3)23-26/h4-9,14H,10-13H2,1-3H3. The molecule has 0 aliphatic carbocycles. The average molecular weight is 413 g/mol. The van der Waals surface area contributed by atoms with Crippen LogP contribution in [0.25, 0.3) is 5.82 Å². The van der Waals surface area contributed by atoms with E-state index in [1.54, 1.807) is 15.1 Å². The maximum absolute atomic E-state index is 13.1. The lowest BCUT2D eigenvalue weighted by atomic mass is 10.2. The molecule has 9 heteroatoms. The topological polar surface area (TPSA) is 84.2 Å². The van der Waals surface area contributed by atoms with Gasteiger partial charge in [0.2, 0.25) is 10.0 Å². The Balaban J connectivity index is 1.46. The van der Waals surface area contributed by atoms with E-state index in [1.807, 2.05) is 57.3 Å². The molecule has 29 heavy (non-hydrogen) atoms. The maximum atomic E-state index is 13.1. The highest BCUT2D eigenvalue weighted by Gasteiger charge is 2.30. The fourth-order valence-corrected chi connectivity index (χ4v) is 5.17. The highest BCUT2D eigenvalue weighted by atomic mass is 32.2. The lowest BCUT2D eigenvalue weighted by Crippen LogP contribution is -2.49. The Morgan fingerprint density at radius 3 is 2.17 bits per heavy atom. The first-order valence-corrected chi connectivity index (χ1v) is 11.0. The number of anilines is 1. The summed E-state index contributed by atoms with van der Waals surface area (Å²) >= 11 is 0. The SMILES string of the molecule is Cc1ccc(C)c(S(=O)(=O)N2CCN(c3ccc(-n4ccc(C)n4)nn3)CC2)c1. The van der Waals surface area contributed by atoms with Crippen LogP contribution in [0.2, 0.25) is 0 Å². The molecule has 0 saturated carbocycles. The third-order valence-electron chi connectivity index (χ3n) is 5.12. The Morgan fingerprint density at radius 1 is 0.862 bits per heavy atom. The molecule has 3 heterocycles. The Labute approximate surface area is 170 Å². The molecule has 1 aliphatic heterocycles. The molecular formula is C20H24N6O2S.